The van der Waals surface area contributed by atoms with Crippen LogP contribution in [0, 0.1) is 5.41 Å². The highest BCUT2D eigenvalue weighted by Crippen LogP contribution is 2.30. The van der Waals surface area contributed by atoms with Gasteiger partial charge in [0.2, 0.25) is 5.91 Å². The SMILES string of the molecule is C[C@@H](NC(=O)C1(CN)CCOCC1)c1ccc(Br)cc1. The van der Waals surface area contributed by atoms with E-state index in [0.29, 0.717) is 32.6 Å². The third-order valence-electron chi connectivity index (χ3n) is 4.04. The summed E-state index contributed by atoms with van der Waals surface area (Å²) in [5.74, 6) is 0.0405. The van der Waals surface area contributed by atoms with Gasteiger partial charge in [-0.1, -0.05) is 28.1 Å². The summed E-state index contributed by atoms with van der Waals surface area (Å²) in [6, 6.07) is 7.94. The van der Waals surface area contributed by atoms with E-state index in [1.807, 2.05) is 31.2 Å². The van der Waals surface area contributed by atoms with E-state index in [0.717, 1.165) is 10.0 Å². The maximum Gasteiger partial charge on any atom is 0.228 e. The Hall–Kier alpha value is -0.910. The van der Waals surface area contributed by atoms with E-state index in [1.54, 1.807) is 0 Å². The van der Waals surface area contributed by atoms with Crippen LogP contribution in [-0.2, 0) is 9.53 Å². The van der Waals surface area contributed by atoms with Gasteiger partial charge in [-0.05, 0) is 37.5 Å². The maximum absolute atomic E-state index is 12.5. The van der Waals surface area contributed by atoms with Crippen LogP contribution in [0.25, 0.3) is 0 Å². The first-order valence-electron chi connectivity index (χ1n) is 6.92. The topological polar surface area (TPSA) is 64.4 Å². The van der Waals surface area contributed by atoms with Gasteiger partial charge >= 0.3 is 0 Å². The zero-order valence-electron chi connectivity index (χ0n) is 11.7. The van der Waals surface area contributed by atoms with Crippen molar-refractivity contribution in [3.8, 4) is 0 Å². The Kier molecular flexibility index (Phi) is 5.18. The highest BCUT2D eigenvalue weighted by Gasteiger charge is 2.39. The van der Waals surface area contributed by atoms with Gasteiger partial charge in [0.25, 0.3) is 0 Å². The lowest BCUT2D eigenvalue weighted by atomic mass is 9.79. The third-order valence-corrected chi connectivity index (χ3v) is 4.57. The van der Waals surface area contributed by atoms with E-state index in [-0.39, 0.29) is 11.9 Å². The van der Waals surface area contributed by atoms with Crippen molar-refractivity contribution in [1.29, 1.82) is 0 Å². The molecule has 1 aromatic carbocycles. The van der Waals surface area contributed by atoms with Gasteiger partial charge in [-0.15, -0.1) is 0 Å². The normalized spacial score (nSPS) is 19.4. The first-order chi connectivity index (χ1) is 9.57. The number of nitrogens with two attached hydrogens (primary N) is 1. The Bertz CT molecular complexity index is 455. The Labute approximate surface area is 128 Å². The number of hydrogen-bond donors (Lipinski definition) is 2. The van der Waals surface area contributed by atoms with Gasteiger partial charge in [-0.2, -0.15) is 0 Å². The zero-order valence-corrected chi connectivity index (χ0v) is 13.3. The largest absolute Gasteiger partial charge is 0.381 e. The molecule has 1 fully saturated rings. The highest BCUT2D eigenvalue weighted by atomic mass is 79.9. The van der Waals surface area contributed by atoms with Gasteiger partial charge in [-0.25, -0.2) is 0 Å². The Morgan fingerprint density at radius 3 is 2.55 bits per heavy atom. The van der Waals surface area contributed by atoms with Gasteiger partial charge in [0.05, 0.1) is 11.5 Å². The van der Waals surface area contributed by atoms with Crippen LogP contribution in [0.2, 0.25) is 0 Å². The Morgan fingerprint density at radius 1 is 1.40 bits per heavy atom. The Balaban J connectivity index is 2.04. The molecule has 0 spiro atoms. The number of benzene rings is 1. The van der Waals surface area contributed by atoms with E-state index in [1.165, 1.54) is 0 Å². The minimum absolute atomic E-state index is 0.0260. The van der Waals surface area contributed by atoms with E-state index in [9.17, 15) is 4.79 Å². The summed E-state index contributed by atoms with van der Waals surface area (Å²) in [5, 5.41) is 3.09. The molecule has 1 saturated heterocycles. The summed E-state index contributed by atoms with van der Waals surface area (Å²) in [6.07, 6.45) is 1.39. The molecule has 1 amide bonds. The number of carbonyl (C=O) groups is 1. The molecule has 0 unspecified atom stereocenters. The van der Waals surface area contributed by atoms with Crippen molar-refractivity contribution in [3.05, 3.63) is 34.3 Å². The first-order valence-corrected chi connectivity index (χ1v) is 7.71. The quantitative estimate of drug-likeness (QED) is 0.884. The van der Waals surface area contributed by atoms with E-state index in [4.69, 9.17) is 10.5 Å². The molecule has 1 aliphatic heterocycles. The maximum atomic E-state index is 12.5. The minimum Gasteiger partial charge on any atom is -0.381 e. The molecule has 1 aliphatic rings. The number of carbonyl (C=O) groups excluding carboxylic acids is 1. The van der Waals surface area contributed by atoms with Crippen molar-refractivity contribution < 1.29 is 9.53 Å². The van der Waals surface area contributed by atoms with Gasteiger partial charge in [0, 0.05) is 24.2 Å². The molecule has 5 heteroatoms. The summed E-state index contributed by atoms with van der Waals surface area (Å²) >= 11 is 3.41. The van der Waals surface area contributed by atoms with Crippen LogP contribution in [0.4, 0.5) is 0 Å². The second-order valence-corrected chi connectivity index (χ2v) is 6.26. The van der Waals surface area contributed by atoms with Gasteiger partial charge < -0.3 is 15.8 Å². The number of ether oxygens (including phenoxy) is 1. The molecule has 1 atom stereocenters. The van der Waals surface area contributed by atoms with Crippen molar-refractivity contribution in [2.45, 2.75) is 25.8 Å². The standard InChI is InChI=1S/C15H21BrN2O2/c1-11(12-2-4-13(16)5-3-12)18-14(19)15(10-17)6-8-20-9-7-15/h2-5,11H,6-10,17H2,1H3,(H,18,19)/t11-/m1/s1. The fourth-order valence-electron chi connectivity index (χ4n) is 2.47. The second kappa shape index (κ2) is 6.70. The average molecular weight is 341 g/mol. The van der Waals surface area contributed by atoms with Gasteiger partial charge in [0.15, 0.2) is 0 Å². The molecule has 4 nitrogen and oxygen atoms in total. The van der Waals surface area contributed by atoms with Crippen molar-refractivity contribution >= 4 is 21.8 Å². The molecule has 20 heavy (non-hydrogen) atoms. The van der Waals surface area contributed by atoms with Crippen molar-refractivity contribution in [1.82, 2.24) is 5.32 Å². The van der Waals surface area contributed by atoms with Crippen LogP contribution in [0.3, 0.4) is 0 Å². The van der Waals surface area contributed by atoms with Crippen LogP contribution >= 0.6 is 15.9 Å². The predicted octanol–water partition coefficient (Wildman–Crippen LogP) is 2.38. The number of rotatable bonds is 4. The van der Waals surface area contributed by atoms with Crippen LogP contribution in [0.1, 0.15) is 31.4 Å². The van der Waals surface area contributed by atoms with Crippen molar-refractivity contribution in [3.63, 3.8) is 0 Å². The summed E-state index contributed by atoms with van der Waals surface area (Å²) in [6.45, 7) is 3.58. The monoisotopic (exact) mass is 340 g/mol. The summed E-state index contributed by atoms with van der Waals surface area (Å²) in [5.41, 5.74) is 6.46. The number of halogens is 1. The zero-order chi connectivity index (χ0) is 14.6. The molecular formula is C15H21BrN2O2. The van der Waals surface area contributed by atoms with Crippen molar-refractivity contribution in [2.24, 2.45) is 11.1 Å². The molecule has 1 heterocycles. The summed E-state index contributed by atoms with van der Waals surface area (Å²) in [4.78, 5) is 12.5. The van der Waals surface area contributed by atoms with Gasteiger partial charge in [-0.3, -0.25) is 4.79 Å². The fourth-order valence-corrected chi connectivity index (χ4v) is 2.73. The smallest absolute Gasteiger partial charge is 0.228 e. The molecule has 0 saturated carbocycles. The Morgan fingerprint density at radius 2 is 2.00 bits per heavy atom. The molecule has 110 valence electrons. The molecule has 0 aliphatic carbocycles. The van der Waals surface area contributed by atoms with Crippen LogP contribution in [0.5, 0.6) is 0 Å². The molecule has 2 rings (SSSR count). The van der Waals surface area contributed by atoms with E-state index >= 15 is 0 Å². The van der Waals surface area contributed by atoms with Crippen LogP contribution in [0.15, 0.2) is 28.7 Å². The fraction of sp³-hybridized carbons (Fsp3) is 0.533. The summed E-state index contributed by atoms with van der Waals surface area (Å²) in [7, 11) is 0. The number of nitrogens with one attached hydrogen (secondary N) is 1. The number of amides is 1. The predicted molar refractivity (Wildman–Crippen MR) is 82.2 cm³/mol. The molecular weight excluding hydrogens is 320 g/mol. The highest BCUT2D eigenvalue weighted by molar-refractivity contribution is 9.10. The van der Waals surface area contributed by atoms with Gasteiger partial charge in [0.1, 0.15) is 0 Å². The molecule has 0 radical (unpaired) electrons. The molecule has 0 bridgehead atoms. The molecule has 3 N–H and O–H groups in total. The lowest BCUT2D eigenvalue weighted by Gasteiger charge is -2.35. The number of hydrogen-bond acceptors (Lipinski definition) is 3. The van der Waals surface area contributed by atoms with Crippen LogP contribution in [-0.4, -0.2) is 25.7 Å². The molecule has 0 aromatic heterocycles. The van der Waals surface area contributed by atoms with E-state index in [2.05, 4.69) is 21.2 Å². The molecule has 1 aromatic rings. The minimum atomic E-state index is -0.470. The summed E-state index contributed by atoms with van der Waals surface area (Å²) < 4.78 is 6.37. The van der Waals surface area contributed by atoms with E-state index < -0.39 is 5.41 Å². The first kappa shape index (κ1) is 15.5. The average Bonchev–Trinajstić information content (AvgIpc) is 2.48. The third kappa shape index (κ3) is 3.40. The van der Waals surface area contributed by atoms with Crippen LogP contribution < -0.4 is 11.1 Å². The lowest BCUT2D eigenvalue weighted by Crippen LogP contribution is -2.49. The second-order valence-electron chi connectivity index (χ2n) is 5.34. The van der Waals surface area contributed by atoms with Crippen molar-refractivity contribution in [2.75, 3.05) is 19.8 Å². The lowest BCUT2D eigenvalue weighted by molar-refractivity contribution is -0.136.